The molecule has 0 aromatic heterocycles. The number of alkyl halides is 1. The summed E-state index contributed by atoms with van der Waals surface area (Å²) in [5.41, 5.74) is 7.09. The topological polar surface area (TPSA) is 113 Å². The lowest BCUT2D eigenvalue weighted by Gasteiger charge is -2.19. The molecule has 1 amide bonds. The third-order valence-electron chi connectivity index (χ3n) is 4.03. The van der Waals surface area contributed by atoms with Gasteiger partial charge in [-0.05, 0) is 30.0 Å². The van der Waals surface area contributed by atoms with Crippen molar-refractivity contribution >= 4 is 31.9 Å². The third-order valence-corrected chi connectivity index (χ3v) is 6.06. The number of rotatable bonds is 6. The molecule has 1 aromatic rings. The molecule has 2 rings (SSSR count). The molecule has 9 heteroatoms. The largest absolute Gasteiger partial charge is 0.354 e. The SMILES string of the molecule is CC(C)C1NNC(C(=O)NCCc2ccc(S(N)(=O)=O)cc2)C1Br. The van der Waals surface area contributed by atoms with Crippen LogP contribution in [-0.2, 0) is 21.2 Å². The Morgan fingerprint density at radius 2 is 1.92 bits per heavy atom. The van der Waals surface area contributed by atoms with Crippen LogP contribution in [0.15, 0.2) is 29.2 Å². The van der Waals surface area contributed by atoms with Gasteiger partial charge in [0, 0.05) is 12.6 Å². The molecule has 1 aliphatic heterocycles. The van der Waals surface area contributed by atoms with Gasteiger partial charge in [0.2, 0.25) is 15.9 Å². The Kier molecular flexibility index (Phi) is 6.38. The number of nitrogens with one attached hydrogen (secondary N) is 3. The van der Waals surface area contributed by atoms with Gasteiger partial charge in [0.25, 0.3) is 0 Å². The maximum atomic E-state index is 12.3. The zero-order valence-corrected chi connectivity index (χ0v) is 16.0. The molecule has 0 saturated carbocycles. The van der Waals surface area contributed by atoms with Crippen molar-refractivity contribution in [1.82, 2.24) is 16.2 Å². The Hall–Kier alpha value is -1.00. The quantitative estimate of drug-likeness (QED) is 0.494. The van der Waals surface area contributed by atoms with Gasteiger partial charge in [0.15, 0.2) is 0 Å². The van der Waals surface area contributed by atoms with E-state index in [4.69, 9.17) is 5.14 Å². The van der Waals surface area contributed by atoms with E-state index in [0.717, 1.165) is 5.56 Å². The first kappa shape index (κ1) is 19.3. The second-order valence-electron chi connectivity index (χ2n) is 6.21. The average molecular weight is 419 g/mol. The standard InChI is InChI=1S/C15H23BrN4O3S/c1-9(2)13-12(16)14(20-19-13)15(21)18-8-7-10-3-5-11(6-4-10)24(17,22)23/h3-6,9,12-14,19-20H,7-8H2,1-2H3,(H,18,21)(H2,17,22,23). The summed E-state index contributed by atoms with van der Waals surface area (Å²) in [7, 11) is -3.67. The summed E-state index contributed by atoms with van der Waals surface area (Å²) in [5.74, 6) is 0.325. The molecule has 3 atom stereocenters. The highest BCUT2D eigenvalue weighted by atomic mass is 79.9. The third kappa shape index (κ3) is 4.76. The highest BCUT2D eigenvalue weighted by Gasteiger charge is 2.39. The minimum absolute atomic E-state index is 0.0199. The van der Waals surface area contributed by atoms with E-state index in [2.05, 4.69) is 45.9 Å². The Morgan fingerprint density at radius 1 is 1.29 bits per heavy atom. The van der Waals surface area contributed by atoms with Gasteiger partial charge in [-0.2, -0.15) is 0 Å². The molecule has 0 radical (unpaired) electrons. The van der Waals surface area contributed by atoms with Gasteiger partial charge in [0.05, 0.1) is 9.72 Å². The van der Waals surface area contributed by atoms with Crippen LogP contribution in [0.2, 0.25) is 0 Å². The molecular formula is C15H23BrN4O3S. The zero-order chi connectivity index (χ0) is 17.9. The fourth-order valence-corrected chi connectivity index (χ4v) is 4.21. The van der Waals surface area contributed by atoms with Gasteiger partial charge < -0.3 is 5.32 Å². The molecule has 3 unspecified atom stereocenters. The zero-order valence-electron chi connectivity index (χ0n) is 13.6. The molecule has 0 aliphatic carbocycles. The number of carbonyl (C=O) groups is 1. The predicted molar refractivity (Wildman–Crippen MR) is 95.9 cm³/mol. The van der Waals surface area contributed by atoms with Gasteiger partial charge >= 0.3 is 0 Å². The van der Waals surface area contributed by atoms with E-state index >= 15 is 0 Å². The van der Waals surface area contributed by atoms with E-state index in [0.29, 0.717) is 18.9 Å². The van der Waals surface area contributed by atoms with Crippen molar-refractivity contribution in [2.24, 2.45) is 11.1 Å². The fourth-order valence-electron chi connectivity index (χ4n) is 2.58. The smallest absolute Gasteiger partial charge is 0.239 e. The van der Waals surface area contributed by atoms with Crippen LogP contribution >= 0.6 is 15.9 Å². The number of sulfonamides is 1. The molecule has 1 aromatic carbocycles. The Balaban J connectivity index is 1.83. The van der Waals surface area contributed by atoms with E-state index in [1.54, 1.807) is 12.1 Å². The second-order valence-corrected chi connectivity index (χ2v) is 8.83. The molecule has 1 aliphatic rings. The van der Waals surface area contributed by atoms with Gasteiger partial charge in [-0.1, -0.05) is 41.9 Å². The van der Waals surface area contributed by atoms with Crippen molar-refractivity contribution in [3.63, 3.8) is 0 Å². The van der Waals surface area contributed by atoms with E-state index in [1.165, 1.54) is 12.1 Å². The average Bonchev–Trinajstić information content (AvgIpc) is 2.88. The lowest BCUT2D eigenvalue weighted by atomic mass is 9.99. The number of primary sulfonamides is 1. The lowest BCUT2D eigenvalue weighted by Crippen LogP contribution is -2.46. The lowest BCUT2D eigenvalue weighted by molar-refractivity contribution is -0.122. The maximum Gasteiger partial charge on any atom is 0.239 e. The minimum atomic E-state index is -3.67. The number of halogens is 1. The number of carbonyl (C=O) groups excluding carboxylic acids is 1. The summed E-state index contributed by atoms with van der Waals surface area (Å²) in [6.07, 6.45) is 0.608. The van der Waals surface area contributed by atoms with Crippen LogP contribution in [0.25, 0.3) is 0 Å². The molecular weight excluding hydrogens is 396 g/mol. The minimum Gasteiger partial charge on any atom is -0.354 e. The molecule has 0 spiro atoms. The van der Waals surface area contributed by atoms with E-state index in [-0.39, 0.29) is 27.7 Å². The van der Waals surface area contributed by atoms with Gasteiger partial charge in [0.1, 0.15) is 6.04 Å². The molecule has 134 valence electrons. The van der Waals surface area contributed by atoms with Crippen LogP contribution in [0.3, 0.4) is 0 Å². The summed E-state index contributed by atoms with van der Waals surface area (Å²) in [6, 6.07) is 6.19. The monoisotopic (exact) mass is 418 g/mol. The van der Waals surface area contributed by atoms with E-state index in [9.17, 15) is 13.2 Å². The van der Waals surface area contributed by atoms with Crippen LogP contribution in [0.5, 0.6) is 0 Å². The molecule has 24 heavy (non-hydrogen) atoms. The van der Waals surface area contributed by atoms with Gasteiger partial charge in [-0.3, -0.25) is 10.2 Å². The number of hydrazine groups is 1. The number of benzene rings is 1. The van der Waals surface area contributed by atoms with Crippen LogP contribution in [0, 0.1) is 5.92 Å². The van der Waals surface area contributed by atoms with Gasteiger partial charge in [-0.15, -0.1) is 0 Å². The van der Waals surface area contributed by atoms with Crippen molar-refractivity contribution in [3.8, 4) is 0 Å². The Bertz CT molecular complexity index is 678. The van der Waals surface area contributed by atoms with E-state index < -0.39 is 10.0 Å². The maximum absolute atomic E-state index is 12.3. The van der Waals surface area contributed by atoms with Crippen LogP contribution in [0.4, 0.5) is 0 Å². The predicted octanol–water partition coefficient (Wildman–Crippen LogP) is 0.257. The number of nitrogens with two attached hydrogens (primary N) is 1. The van der Waals surface area contributed by atoms with Crippen LogP contribution < -0.4 is 21.3 Å². The highest BCUT2D eigenvalue weighted by Crippen LogP contribution is 2.21. The fraction of sp³-hybridized carbons (Fsp3) is 0.533. The van der Waals surface area contributed by atoms with Crippen LogP contribution in [0.1, 0.15) is 19.4 Å². The highest BCUT2D eigenvalue weighted by molar-refractivity contribution is 9.09. The molecule has 0 bridgehead atoms. The number of amides is 1. The second kappa shape index (κ2) is 7.92. The van der Waals surface area contributed by atoms with Crippen molar-refractivity contribution in [2.45, 2.75) is 42.1 Å². The summed E-state index contributed by atoms with van der Waals surface area (Å²) < 4.78 is 22.4. The summed E-state index contributed by atoms with van der Waals surface area (Å²) in [6.45, 7) is 4.66. The van der Waals surface area contributed by atoms with Crippen molar-refractivity contribution < 1.29 is 13.2 Å². The molecule has 7 nitrogen and oxygen atoms in total. The van der Waals surface area contributed by atoms with Gasteiger partial charge in [-0.25, -0.2) is 19.0 Å². The number of hydrogen-bond acceptors (Lipinski definition) is 5. The Morgan fingerprint density at radius 3 is 2.42 bits per heavy atom. The molecule has 1 saturated heterocycles. The number of hydrogen-bond donors (Lipinski definition) is 4. The Labute approximate surface area is 150 Å². The summed E-state index contributed by atoms with van der Waals surface area (Å²) >= 11 is 3.58. The van der Waals surface area contributed by atoms with Crippen molar-refractivity contribution in [1.29, 1.82) is 0 Å². The first-order valence-corrected chi connectivity index (χ1v) is 10.2. The first-order valence-electron chi connectivity index (χ1n) is 7.74. The molecule has 1 fully saturated rings. The first-order chi connectivity index (χ1) is 11.2. The molecule has 1 heterocycles. The normalized spacial score (nSPS) is 24.3. The van der Waals surface area contributed by atoms with E-state index in [1.807, 2.05) is 0 Å². The van der Waals surface area contributed by atoms with Crippen molar-refractivity contribution in [2.75, 3.05) is 6.54 Å². The van der Waals surface area contributed by atoms with Crippen molar-refractivity contribution in [3.05, 3.63) is 29.8 Å². The summed E-state index contributed by atoms with van der Waals surface area (Å²) in [5, 5.41) is 7.95. The van der Waals surface area contributed by atoms with Crippen LogP contribution in [-0.4, -0.2) is 37.8 Å². The summed E-state index contributed by atoms with van der Waals surface area (Å²) in [4.78, 5) is 12.4. The molecule has 5 N–H and O–H groups in total.